The molecule has 0 aliphatic carbocycles. The minimum Gasteiger partial charge on any atom is -0.494 e. The van der Waals surface area contributed by atoms with Crippen LogP contribution in [0.5, 0.6) is 5.75 Å². The molecule has 7 heteroatoms. The first-order valence-corrected chi connectivity index (χ1v) is 7.66. The van der Waals surface area contributed by atoms with E-state index < -0.39 is 0 Å². The first kappa shape index (κ1) is 14.7. The molecule has 0 aliphatic heterocycles. The van der Waals surface area contributed by atoms with Gasteiger partial charge in [-0.1, -0.05) is 11.8 Å². The predicted molar refractivity (Wildman–Crippen MR) is 83.5 cm³/mol. The summed E-state index contributed by atoms with van der Waals surface area (Å²) in [6, 6.07) is 5.12. The zero-order valence-electron chi connectivity index (χ0n) is 11.1. The first-order valence-electron chi connectivity index (χ1n) is 5.90. The van der Waals surface area contributed by atoms with Crippen LogP contribution >= 0.6 is 23.1 Å². The number of rotatable bonds is 5. The molecule has 2 aromatic rings. The lowest BCUT2D eigenvalue weighted by molar-refractivity contribution is -0.115. The van der Waals surface area contributed by atoms with Gasteiger partial charge in [0, 0.05) is 23.3 Å². The van der Waals surface area contributed by atoms with Crippen LogP contribution in [0.25, 0.3) is 0 Å². The molecule has 1 aromatic heterocycles. The lowest BCUT2D eigenvalue weighted by atomic mass is 10.2. The number of nitrogens with zero attached hydrogens (tertiary/aromatic N) is 1. The highest BCUT2D eigenvalue weighted by molar-refractivity contribution is 8.02. The first-order chi connectivity index (χ1) is 9.60. The van der Waals surface area contributed by atoms with Crippen molar-refractivity contribution in [3.05, 3.63) is 29.8 Å². The zero-order chi connectivity index (χ0) is 14.5. The number of ether oxygens (including phenoxy) is 1. The van der Waals surface area contributed by atoms with Crippen molar-refractivity contribution in [2.24, 2.45) is 0 Å². The van der Waals surface area contributed by atoms with Crippen molar-refractivity contribution in [2.45, 2.75) is 16.5 Å². The van der Waals surface area contributed by atoms with Gasteiger partial charge in [0.1, 0.15) is 5.75 Å². The standard InChI is InChI=1S/C13H15N3O2S2/c1-8(20-13-15-5-6-19-13)12(17)16-10-4-3-9(14)7-11(10)18-2/h3-8H,14H2,1-2H3,(H,16,17). The number of hydrogen-bond donors (Lipinski definition) is 2. The van der Waals surface area contributed by atoms with Gasteiger partial charge in [0.2, 0.25) is 5.91 Å². The minimum absolute atomic E-state index is 0.103. The van der Waals surface area contributed by atoms with Gasteiger partial charge in [-0.05, 0) is 19.1 Å². The Morgan fingerprint density at radius 1 is 1.55 bits per heavy atom. The van der Waals surface area contributed by atoms with E-state index in [1.807, 2.05) is 12.3 Å². The van der Waals surface area contributed by atoms with Crippen LogP contribution in [0.2, 0.25) is 0 Å². The summed E-state index contributed by atoms with van der Waals surface area (Å²) < 4.78 is 6.07. The van der Waals surface area contributed by atoms with Crippen LogP contribution in [-0.4, -0.2) is 23.3 Å². The summed E-state index contributed by atoms with van der Waals surface area (Å²) in [6.45, 7) is 1.84. The van der Waals surface area contributed by atoms with Gasteiger partial charge in [-0.25, -0.2) is 4.98 Å². The van der Waals surface area contributed by atoms with Gasteiger partial charge in [-0.15, -0.1) is 11.3 Å². The Bertz CT molecular complexity index is 587. The smallest absolute Gasteiger partial charge is 0.237 e. The van der Waals surface area contributed by atoms with E-state index in [0.717, 1.165) is 4.34 Å². The Kier molecular flexibility index (Phi) is 4.86. The maximum Gasteiger partial charge on any atom is 0.237 e. The summed E-state index contributed by atoms with van der Waals surface area (Å²) in [5.74, 6) is 0.443. The van der Waals surface area contributed by atoms with Crippen molar-refractivity contribution in [3.63, 3.8) is 0 Å². The Morgan fingerprint density at radius 3 is 3.00 bits per heavy atom. The van der Waals surface area contributed by atoms with Gasteiger partial charge in [0.25, 0.3) is 0 Å². The summed E-state index contributed by atoms with van der Waals surface area (Å²) in [4.78, 5) is 16.3. The van der Waals surface area contributed by atoms with Crippen molar-refractivity contribution in [1.82, 2.24) is 4.98 Å². The van der Waals surface area contributed by atoms with Crippen molar-refractivity contribution >= 4 is 40.4 Å². The van der Waals surface area contributed by atoms with E-state index >= 15 is 0 Å². The molecule has 1 atom stereocenters. The van der Waals surface area contributed by atoms with E-state index in [9.17, 15) is 4.79 Å². The number of thioether (sulfide) groups is 1. The molecule has 0 saturated carbocycles. The highest BCUT2D eigenvalue weighted by Crippen LogP contribution is 2.29. The van der Waals surface area contributed by atoms with Crippen molar-refractivity contribution in [3.8, 4) is 5.75 Å². The largest absolute Gasteiger partial charge is 0.494 e. The minimum atomic E-state index is -0.247. The highest BCUT2D eigenvalue weighted by Gasteiger charge is 2.17. The number of amides is 1. The van der Waals surface area contributed by atoms with Gasteiger partial charge in [-0.2, -0.15) is 0 Å². The molecule has 1 unspecified atom stereocenters. The van der Waals surface area contributed by atoms with Crippen LogP contribution in [0.15, 0.2) is 34.1 Å². The van der Waals surface area contributed by atoms with Crippen molar-refractivity contribution in [1.29, 1.82) is 0 Å². The number of nitrogen functional groups attached to an aromatic ring is 1. The molecule has 5 nitrogen and oxygen atoms in total. The molecule has 0 aliphatic rings. The monoisotopic (exact) mass is 309 g/mol. The molecule has 1 amide bonds. The van der Waals surface area contributed by atoms with E-state index in [1.54, 1.807) is 24.4 Å². The number of benzene rings is 1. The average Bonchev–Trinajstić information content (AvgIpc) is 2.93. The number of carbonyl (C=O) groups is 1. The summed E-state index contributed by atoms with van der Waals surface area (Å²) in [7, 11) is 1.54. The van der Waals surface area contributed by atoms with Crippen LogP contribution in [0.3, 0.4) is 0 Å². The fraction of sp³-hybridized carbons (Fsp3) is 0.231. The molecule has 0 bridgehead atoms. The second kappa shape index (κ2) is 6.62. The second-order valence-corrected chi connectivity index (χ2v) is 6.49. The average molecular weight is 309 g/mol. The third kappa shape index (κ3) is 3.64. The van der Waals surface area contributed by atoms with E-state index in [1.165, 1.54) is 30.2 Å². The summed E-state index contributed by atoms with van der Waals surface area (Å²) in [5.41, 5.74) is 6.88. The van der Waals surface area contributed by atoms with E-state index in [4.69, 9.17) is 10.5 Å². The van der Waals surface area contributed by atoms with Crippen molar-refractivity contribution in [2.75, 3.05) is 18.2 Å². The summed E-state index contributed by atoms with van der Waals surface area (Å²) >= 11 is 2.94. The van der Waals surface area contributed by atoms with Crippen LogP contribution in [0.4, 0.5) is 11.4 Å². The van der Waals surface area contributed by atoms with Crippen LogP contribution < -0.4 is 15.8 Å². The molecule has 0 saturated heterocycles. The molecular formula is C13H15N3O2S2. The third-order valence-corrected chi connectivity index (χ3v) is 4.56. The van der Waals surface area contributed by atoms with E-state index in [2.05, 4.69) is 10.3 Å². The topological polar surface area (TPSA) is 77.2 Å². The van der Waals surface area contributed by atoms with E-state index in [-0.39, 0.29) is 11.2 Å². The molecule has 0 spiro atoms. The fourth-order valence-electron chi connectivity index (χ4n) is 1.52. The Hall–Kier alpha value is -1.73. The lowest BCUT2D eigenvalue weighted by Crippen LogP contribution is -2.22. The number of nitrogens with two attached hydrogens (primary N) is 1. The highest BCUT2D eigenvalue weighted by atomic mass is 32.2. The molecular weight excluding hydrogens is 294 g/mol. The molecule has 0 radical (unpaired) electrons. The molecule has 1 aromatic carbocycles. The molecule has 20 heavy (non-hydrogen) atoms. The molecule has 1 heterocycles. The summed E-state index contributed by atoms with van der Waals surface area (Å²) in [6.07, 6.45) is 1.72. The number of aromatic nitrogens is 1. The lowest BCUT2D eigenvalue weighted by Gasteiger charge is -2.13. The Balaban J connectivity index is 2.03. The Labute approximate surface area is 125 Å². The molecule has 106 valence electrons. The number of methoxy groups -OCH3 is 1. The molecule has 0 fully saturated rings. The molecule has 3 N–H and O–H groups in total. The van der Waals surface area contributed by atoms with Gasteiger partial charge in [-0.3, -0.25) is 4.79 Å². The maximum atomic E-state index is 12.1. The van der Waals surface area contributed by atoms with Gasteiger partial charge < -0.3 is 15.8 Å². The normalized spacial score (nSPS) is 11.9. The van der Waals surface area contributed by atoms with Crippen molar-refractivity contribution < 1.29 is 9.53 Å². The SMILES string of the molecule is COc1cc(N)ccc1NC(=O)C(C)Sc1nccs1. The third-order valence-electron chi connectivity index (χ3n) is 2.54. The Morgan fingerprint density at radius 2 is 2.35 bits per heavy atom. The second-order valence-electron chi connectivity index (χ2n) is 4.01. The molecule has 2 rings (SSSR count). The zero-order valence-corrected chi connectivity index (χ0v) is 12.8. The number of thiazole rings is 1. The summed E-state index contributed by atoms with van der Waals surface area (Å²) in [5, 5.41) is 4.48. The number of nitrogens with one attached hydrogen (secondary N) is 1. The number of carbonyl (C=O) groups excluding carboxylic acids is 1. The quantitative estimate of drug-likeness (QED) is 0.656. The van der Waals surface area contributed by atoms with E-state index in [0.29, 0.717) is 17.1 Å². The van der Waals surface area contributed by atoms with Gasteiger partial charge in [0.15, 0.2) is 4.34 Å². The number of hydrogen-bond acceptors (Lipinski definition) is 6. The van der Waals surface area contributed by atoms with Gasteiger partial charge >= 0.3 is 0 Å². The maximum absolute atomic E-state index is 12.1. The van der Waals surface area contributed by atoms with Crippen LogP contribution in [0, 0.1) is 0 Å². The van der Waals surface area contributed by atoms with Gasteiger partial charge in [0.05, 0.1) is 18.0 Å². The number of anilines is 2. The van der Waals surface area contributed by atoms with Crippen LogP contribution in [0.1, 0.15) is 6.92 Å². The predicted octanol–water partition coefficient (Wildman–Crippen LogP) is 2.85. The fourth-order valence-corrected chi connectivity index (χ4v) is 3.29. The van der Waals surface area contributed by atoms with Crippen LogP contribution in [-0.2, 0) is 4.79 Å².